The van der Waals surface area contributed by atoms with E-state index in [4.69, 9.17) is 0 Å². The molecule has 5 heteroatoms. The predicted octanol–water partition coefficient (Wildman–Crippen LogP) is 2.84. The van der Waals surface area contributed by atoms with Crippen LogP contribution in [0, 0.1) is 0 Å². The summed E-state index contributed by atoms with van der Waals surface area (Å²) in [5.74, 6) is 0.664. The Morgan fingerprint density at radius 2 is 2.19 bits per heavy atom. The Labute approximate surface area is 122 Å². The number of hydrogen-bond acceptors (Lipinski definition) is 3. The van der Waals surface area contributed by atoms with Crippen LogP contribution in [0.15, 0.2) is 48.9 Å². The number of hydrogen-bond donors (Lipinski definition) is 2. The van der Waals surface area contributed by atoms with Crippen molar-refractivity contribution in [1.82, 2.24) is 20.3 Å². The fourth-order valence-corrected chi connectivity index (χ4v) is 2.29. The molecule has 5 nitrogen and oxygen atoms in total. The molecule has 2 heterocycles. The van der Waals surface area contributed by atoms with Gasteiger partial charge < -0.3 is 10.3 Å². The van der Waals surface area contributed by atoms with Crippen LogP contribution in [0.4, 0.5) is 0 Å². The van der Waals surface area contributed by atoms with Crippen molar-refractivity contribution in [2.75, 3.05) is 0 Å². The molecule has 1 atom stereocenters. The summed E-state index contributed by atoms with van der Waals surface area (Å²) >= 11 is 0. The monoisotopic (exact) mass is 280 g/mol. The largest absolute Gasteiger partial charge is 0.347 e. The summed E-state index contributed by atoms with van der Waals surface area (Å²) in [4.78, 5) is 23.9. The normalized spacial score (nSPS) is 12.2. The lowest BCUT2D eigenvalue weighted by molar-refractivity contribution is 0.0934. The van der Waals surface area contributed by atoms with Crippen LogP contribution in [-0.2, 0) is 0 Å². The van der Waals surface area contributed by atoms with Crippen molar-refractivity contribution < 1.29 is 4.79 Å². The van der Waals surface area contributed by atoms with Gasteiger partial charge in [-0.3, -0.25) is 9.78 Å². The van der Waals surface area contributed by atoms with Gasteiger partial charge in [-0.05, 0) is 30.7 Å². The predicted molar refractivity (Wildman–Crippen MR) is 80.8 cm³/mol. The smallest absolute Gasteiger partial charge is 0.251 e. The van der Waals surface area contributed by atoms with Gasteiger partial charge >= 0.3 is 0 Å². The number of aromatic nitrogens is 3. The molecule has 0 saturated carbocycles. The molecule has 0 saturated heterocycles. The van der Waals surface area contributed by atoms with Crippen molar-refractivity contribution >= 4 is 16.8 Å². The summed E-state index contributed by atoms with van der Waals surface area (Å²) in [5.41, 5.74) is 1.51. The Balaban J connectivity index is 1.83. The van der Waals surface area contributed by atoms with Crippen molar-refractivity contribution in [3.05, 3.63) is 60.3 Å². The molecule has 0 aliphatic carbocycles. The van der Waals surface area contributed by atoms with Crippen molar-refractivity contribution in [1.29, 1.82) is 0 Å². The molecule has 0 fully saturated rings. The minimum Gasteiger partial charge on any atom is -0.347 e. The Kier molecular flexibility index (Phi) is 3.64. The second kappa shape index (κ2) is 5.75. The minimum atomic E-state index is -0.114. The maximum atomic E-state index is 12.4. The van der Waals surface area contributed by atoms with Gasteiger partial charge in [0.15, 0.2) is 0 Å². The second-order valence-corrected chi connectivity index (χ2v) is 4.82. The third-order valence-corrected chi connectivity index (χ3v) is 3.43. The average Bonchev–Trinajstić information content (AvgIpc) is 3.06. The van der Waals surface area contributed by atoms with Gasteiger partial charge in [-0.2, -0.15) is 0 Å². The quantitative estimate of drug-likeness (QED) is 0.772. The molecule has 3 aromatic rings. The van der Waals surface area contributed by atoms with E-state index in [-0.39, 0.29) is 11.9 Å². The lowest BCUT2D eigenvalue weighted by Gasteiger charge is -2.14. The maximum Gasteiger partial charge on any atom is 0.251 e. The van der Waals surface area contributed by atoms with Gasteiger partial charge in [0.2, 0.25) is 0 Å². The Hall–Kier alpha value is -2.69. The lowest BCUT2D eigenvalue weighted by Crippen LogP contribution is -2.28. The van der Waals surface area contributed by atoms with Gasteiger partial charge in [0.05, 0.1) is 11.6 Å². The number of carbonyl (C=O) groups excluding carboxylic acids is 1. The van der Waals surface area contributed by atoms with Gasteiger partial charge in [-0.15, -0.1) is 0 Å². The number of pyridine rings is 1. The minimum absolute atomic E-state index is 0.107. The van der Waals surface area contributed by atoms with Crippen LogP contribution in [0.1, 0.15) is 35.6 Å². The first-order chi connectivity index (χ1) is 10.3. The molecule has 2 N–H and O–H groups in total. The van der Waals surface area contributed by atoms with Crippen LogP contribution in [0.2, 0.25) is 0 Å². The van der Waals surface area contributed by atoms with Crippen LogP contribution < -0.4 is 5.32 Å². The van der Waals surface area contributed by atoms with Crippen molar-refractivity contribution in [3.8, 4) is 0 Å². The molecule has 0 aliphatic heterocycles. The number of amides is 1. The molecule has 0 unspecified atom stereocenters. The first-order valence-electron chi connectivity index (χ1n) is 6.93. The van der Waals surface area contributed by atoms with E-state index < -0.39 is 0 Å². The first-order valence-corrected chi connectivity index (χ1v) is 6.93. The maximum absolute atomic E-state index is 12.4. The number of carbonyl (C=O) groups is 1. The highest BCUT2D eigenvalue weighted by atomic mass is 16.1. The number of H-pyrrole nitrogens is 1. The van der Waals surface area contributed by atoms with Crippen LogP contribution >= 0.6 is 0 Å². The summed E-state index contributed by atoms with van der Waals surface area (Å²) in [6, 6.07) is 9.20. The zero-order chi connectivity index (χ0) is 14.7. The number of aromatic amines is 1. The highest BCUT2D eigenvalue weighted by Gasteiger charge is 2.16. The second-order valence-electron chi connectivity index (χ2n) is 4.82. The van der Waals surface area contributed by atoms with Crippen LogP contribution in [0.25, 0.3) is 10.9 Å². The number of rotatable bonds is 4. The third kappa shape index (κ3) is 2.76. The standard InChI is InChI=1S/C16H16N4O/c1-2-13(15-18-8-9-19-15)20-16(21)12-5-6-14-11(10-12)4-3-7-17-14/h3-10,13H,2H2,1H3,(H,18,19)(H,20,21)/t13-/m0/s1. The van der Waals surface area contributed by atoms with Gasteiger partial charge in [0.1, 0.15) is 5.82 Å². The summed E-state index contributed by atoms with van der Waals surface area (Å²) in [6.45, 7) is 2.01. The molecule has 0 bridgehead atoms. The number of imidazole rings is 1. The zero-order valence-corrected chi connectivity index (χ0v) is 11.7. The fraction of sp³-hybridized carbons (Fsp3) is 0.188. The van der Waals surface area contributed by atoms with E-state index >= 15 is 0 Å². The van der Waals surface area contributed by atoms with Crippen LogP contribution in [-0.4, -0.2) is 20.9 Å². The Bertz CT molecular complexity index is 752. The SMILES string of the molecule is CC[C@H](NC(=O)c1ccc2ncccc2c1)c1ncc[nH]1. The lowest BCUT2D eigenvalue weighted by atomic mass is 10.1. The number of fused-ring (bicyclic) bond motifs is 1. The van der Waals surface area contributed by atoms with Crippen molar-refractivity contribution in [3.63, 3.8) is 0 Å². The summed E-state index contributed by atoms with van der Waals surface area (Å²) < 4.78 is 0. The molecule has 3 rings (SSSR count). The molecule has 1 aromatic carbocycles. The molecular weight excluding hydrogens is 264 g/mol. The van der Waals surface area contributed by atoms with Crippen LogP contribution in [0.5, 0.6) is 0 Å². The summed E-state index contributed by atoms with van der Waals surface area (Å²) in [5, 5.41) is 3.95. The third-order valence-electron chi connectivity index (χ3n) is 3.43. The molecule has 106 valence electrons. The molecule has 0 aliphatic rings. The molecule has 0 spiro atoms. The highest BCUT2D eigenvalue weighted by Crippen LogP contribution is 2.16. The highest BCUT2D eigenvalue weighted by molar-refractivity contribution is 5.98. The van der Waals surface area contributed by atoms with E-state index in [1.54, 1.807) is 24.7 Å². The number of nitrogens with zero attached hydrogens (tertiary/aromatic N) is 2. The topological polar surface area (TPSA) is 70.7 Å². The van der Waals surface area contributed by atoms with Gasteiger partial charge in [0.25, 0.3) is 5.91 Å². The first kappa shape index (κ1) is 13.3. The number of nitrogens with one attached hydrogen (secondary N) is 2. The van der Waals surface area contributed by atoms with Crippen molar-refractivity contribution in [2.24, 2.45) is 0 Å². The van der Waals surface area contributed by atoms with E-state index in [1.165, 1.54) is 0 Å². The van der Waals surface area contributed by atoms with Crippen LogP contribution in [0.3, 0.4) is 0 Å². The van der Waals surface area contributed by atoms with E-state index in [1.807, 2.05) is 31.2 Å². The van der Waals surface area contributed by atoms with E-state index in [2.05, 4.69) is 20.3 Å². The van der Waals surface area contributed by atoms with Gasteiger partial charge in [-0.25, -0.2) is 4.98 Å². The average molecular weight is 280 g/mol. The van der Waals surface area contributed by atoms with E-state index in [0.29, 0.717) is 5.56 Å². The van der Waals surface area contributed by atoms with Crippen molar-refractivity contribution in [2.45, 2.75) is 19.4 Å². The van der Waals surface area contributed by atoms with Gasteiger partial charge in [-0.1, -0.05) is 13.0 Å². The molecule has 1 amide bonds. The van der Waals surface area contributed by atoms with E-state index in [0.717, 1.165) is 23.1 Å². The molecular formula is C16H16N4O. The van der Waals surface area contributed by atoms with Gasteiger partial charge in [0, 0.05) is 29.5 Å². The number of benzene rings is 1. The Morgan fingerprint density at radius 3 is 2.95 bits per heavy atom. The zero-order valence-electron chi connectivity index (χ0n) is 11.7. The molecule has 2 aromatic heterocycles. The summed E-state index contributed by atoms with van der Waals surface area (Å²) in [7, 11) is 0. The fourth-order valence-electron chi connectivity index (χ4n) is 2.29. The molecule has 0 radical (unpaired) electrons. The molecule has 21 heavy (non-hydrogen) atoms. The van der Waals surface area contributed by atoms with E-state index in [9.17, 15) is 4.79 Å². The summed E-state index contributed by atoms with van der Waals surface area (Å²) in [6.07, 6.45) is 5.96. The Morgan fingerprint density at radius 1 is 1.29 bits per heavy atom.